The predicted octanol–water partition coefficient (Wildman–Crippen LogP) is 2.76. The number of pyridine rings is 2. The van der Waals surface area contributed by atoms with Gasteiger partial charge in [-0.25, -0.2) is 4.98 Å². The second-order valence-electron chi connectivity index (χ2n) is 9.75. The third kappa shape index (κ3) is 4.70. The van der Waals surface area contributed by atoms with Gasteiger partial charge in [0.05, 0.1) is 24.2 Å². The molecule has 2 aromatic heterocycles. The predicted molar refractivity (Wildman–Crippen MR) is 121 cm³/mol. The van der Waals surface area contributed by atoms with Crippen molar-refractivity contribution in [3.63, 3.8) is 0 Å². The Balaban J connectivity index is 1.43. The number of aliphatic hydroxyl groups is 1. The van der Waals surface area contributed by atoms with Crippen LogP contribution in [0.25, 0.3) is 11.0 Å². The minimum Gasteiger partial charge on any atom is -0.481 e. The summed E-state index contributed by atoms with van der Waals surface area (Å²) in [5, 5.41) is 20.6. The highest BCUT2D eigenvalue weighted by atomic mass is 16.4. The monoisotopic (exact) mass is 440 g/mol. The van der Waals surface area contributed by atoms with Crippen LogP contribution in [0.4, 0.5) is 5.69 Å². The maximum atomic E-state index is 13.0. The van der Waals surface area contributed by atoms with Crippen molar-refractivity contribution >= 4 is 28.6 Å². The molecule has 1 saturated carbocycles. The molecule has 8 heteroatoms. The molecule has 0 unspecified atom stereocenters. The molecule has 0 aromatic carbocycles. The number of carboxylic acid groups (broad SMARTS) is 1. The van der Waals surface area contributed by atoms with Gasteiger partial charge in [0, 0.05) is 38.4 Å². The maximum absolute atomic E-state index is 13.0. The molecule has 172 valence electrons. The lowest BCUT2D eigenvalue weighted by molar-refractivity contribution is -0.142. The summed E-state index contributed by atoms with van der Waals surface area (Å²) in [6, 6.07) is 5.80. The van der Waals surface area contributed by atoms with Gasteiger partial charge in [-0.1, -0.05) is 12.8 Å². The van der Waals surface area contributed by atoms with Gasteiger partial charge in [-0.3, -0.25) is 14.6 Å². The lowest BCUT2D eigenvalue weighted by Crippen LogP contribution is -2.46. The van der Waals surface area contributed by atoms with Crippen LogP contribution in [0.5, 0.6) is 0 Å². The molecule has 32 heavy (non-hydrogen) atoms. The number of anilines is 1. The molecule has 0 spiro atoms. The van der Waals surface area contributed by atoms with Crippen LogP contribution in [0.1, 0.15) is 50.6 Å². The number of likely N-dealkylation sites (N-methyl/N-ethyl adjacent to an activating group) is 1. The van der Waals surface area contributed by atoms with Crippen molar-refractivity contribution < 1.29 is 19.8 Å². The number of fused-ring (bicyclic) bond motifs is 1. The molecule has 1 atom stereocenters. The fourth-order valence-electron chi connectivity index (χ4n) is 5.40. The van der Waals surface area contributed by atoms with Gasteiger partial charge in [0.2, 0.25) is 5.91 Å². The van der Waals surface area contributed by atoms with Crippen LogP contribution in [0.3, 0.4) is 0 Å². The number of hydrogen-bond donors (Lipinski definition) is 2. The molecule has 1 saturated heterocycles. The quantitative estimate of drug-likeness (QED) is 0.682. The molecule has 1 aliphatic heterocycles. The number of carboxylic acids is 1. The maximum Gasteiger partial charge on any atom is 0.303 e. The Morgan fingerprint density at radius 3 is 2.62 bits per heavy atom. The topological polar surface area (TPSA) is 107 Å². The van der Waals surface area contributed by atoms with Gasteiger partial charge < -0.3 is 20.0 Å². The van der Waals surface area contributed by atoms with Crippen LogP contribution < -0.4 is 4.90 Å². The van der Waals surface area contributed by atoms with E-state index in [1.54, 1.807) is 18.1 Å². The van der Waals surface area contributed by atoms with Crippen LogP contribution in [0.15, 0.2) is 24.4 Å². The molecule has 1 aliphatic carbocycles. The fourth-order valence-corrected chi connectivity index (χ4v) is 5.40. The summed E-state index contributed by atoms with van der Waals surface area (Å²) < 4.78 is 0. The van der Waals surface area contributed by atoms with E-state index in [4.69, 9.17) is 0 Å². The Kier molecular flexibility index (Phi) is 6.07. The lowest BCUT2D eigenvalue weighted by atomic mass is 9.79. The van der Waals surface area contributed by atoms with Gasteiger partial charge >= 0.3 is 5.97 Å². The van der Waals surface area contributed by atoms with E-state index >= 15 is 0 Å². The zero-order valence-corrected chi connectivity index (χ0v) is 18.9. The van der Waals surface area contributed by atoms with E-state index < -0.39 is 17.0 Å². The number of nitrogens with zero attached hydrogens (tertiary/aromatic N) is 4. The van der Waals surface area contributed by atoms with Crippen LogP contribution in [-0.4, -0.2) is 69.2 Å². The summed E-state index contributed by atoms with van der Waals surface area (Å²) in [5.74, 6) is -0.937. The van der Waals surface area contributed by atoms with E-state index in [0.717, 1.165) is 48.1 Å². The normalized spacial score (nSPS) is 22.4. The largest absolute Gasteiger partial charge is 0.481 e. The number of rotatable bonds is 7. The number of hydrogen-bond acceptors (Lipinski definition) is 6. The van der Waals surface area contributed by atoms with Crippen LogP contribution in [0.2, 0.25) is 0 Å². The van der Waals surface area contributed by atoms with E-state index in [0.29, 0.717) is 19.5 Å². The number of aliphatic carboxylic acids is 1. The molecule has 3 heterocycles. The molecule has 4 rings (SSSR count). The van der Waals surface area contributed by atoms with Crippen LogP contribution >= 0.6 is 0 Å². The highest BCUT2D eigenvalue weighted by molar-refractivity contribution is 5.88. The van der Waals surface area contributed by atoms with Gasteiger partial charge in [-0.15, -0.1) is 0 Å². The van der Waals surface area contributed by atoms with Crippen molar-refractivity contribution in [2.45, 2.75) is 57.5 Å². The van der Waals surface area contributed by atoms with Crippen LogP contribution in [0, 0.1) is 12.3 Å². The van der Waals surface area contributed by atoms with Gasteiger partial charge in [0.1, 0.15) is 11.1 Å². The summed E-state index contributed by atoms with van der Waals surface area (Å²) >= 11 is 0. The third-order valence-electron chi connectivity index (χ3n) is 7.05. The number of carbonyl (C=O) groups excluding carboxylic acids is 1. The number of amides is 1. The van der Waals surface area contributed by atoms with Gasteiger partial charge in [-0.05, 0) is 49.8 Å². The van der Waals surface area contributed by atoms with Gasteiger partial charge in [0.25, 0.3) is 0 Å². The first-order chi connectivity index (χ1) is 15.2. The SMILES string of the molecule is Cc1ccc2nccc(N3CC[C@](O)(CN(C)C(=O)CC4(CC(=O)O)CCCC4)C3)c2n1. The molecule has 2 N–H and O–H groups in total. The fraction of sp³-hybridized carbons (Fsp3) is 0.583. The van der Waals surface area contributed by atoms with E-state index in [1.807, 2.05) is 25.1 Å². The third-order valence-corrected chi connectivity index (χ3v) is 7.05. The number of carbonyl (C=O) groups is 2. The Morgan fingerprint density at radius 2 is 1.91 bits per heavy atom. The van der Waals surface area contributed by atoms with Gasteiger partial charge in [-0.2, -0.15) is 0 Å². The highest BCUT2D eigenvalue weighted by Gasteiger charge is 2.42. The van der Waals surface area contributed by atoms with E-state index in [1.165, 1.54) is 0 Å². The molecule has 2 aromatic rings. The summed E-state index contributed by atoms with van der Waals surface area (Å²) in [5.41, 5.74) is 2.01. The molecule has 1 amide bonds. The van der Waals surface area contributed by atoms with Crippen molar-refractivity contribution in [1.82, 2.24) is 14.9 Å². The average Bonchev–Trinajstić information content (AvgIpc) is 3.33. The first-order valence-corrected chi connectivity index (χ1v) is 11.3. The Hall–Kier alpha value is -2.74. The zero-order valence-electron chi connectivity index (χ0n) is 18.9. The second-order valence-corrected chi connectivity index (χ2v) is 9.75. The number of β-amino-alcohol motifs (C(OH)–C–C–N with tert-alkyl or cyclic N) is 1. The van der Waals surface area contributed by atoms with Crippen molar-refractivity contribution in [3.05, 3.63) is 30.1 Å². The molecular weight excluding hydrogens is 408 g/mol. The zero-order chi connectivity index (χ0) is 22.9. The van der Waals surface area contributed by atoms with E-state index in [-0.39, 0.29) is 25.3 Å². The molecular formula is C24H32N4O4. The number of aromatic nitrogens is 2. The van der Waals surface area contributed by atoms with Crippen molar-refractivity contribution in [2.24, 2.45) is 5.41 Å². The smallest absolute Gasteiger partial charge is 0.303 e. The highest BCUT2D eigenvalue weighted by Crippen LogP contribution is 2.44. The van der Waals surface area contributed by atoms with E-state index in [2.05, 4.69) is 14.9 Å². The Morgan fingerprint density at radius 1 is 1.16 bits per heavy atom. The average molecular weight is 441 g/mol. The summed E-state index contributed by atoms with van der Waals surface area (Å²) in [7, 11) is 1.71. The molecule has 0 radical (unpaired) electrons. The standard InChI is InChI=1S/C24H32N4O4/c1-17-5-6-18-22(26-17)19(7-11-25-18)28-12-10-24(32,16-28)15-27(2)20(29)13-23(14-21(30)31)8-3-4-9-23/h5-7,11,32H,3-4,8-10,12-16H2,1-2H3,(H,30,31)/t24-/m0/s1. The second kappa shape index (κ2) is 8.65. The molecule has 0 bridgehead atoms. The van der Waals surface area contributed by atoms with Crippen molar-refractivity contribution in [3.8, 4) is 0 Å². The van der Waals surface area contributed by atoms with Crippen LogP contribution in [-0.2, 0) is 9.59 Å². The summed E-state index contributed by atoms with van der Waals surface area (Å²) in [4.78, 5) is 37.0. The first kappa shape index (κ1) is 22.5. The Bertz CT molecular complexity index is 1020. The molecule has 2 aliphatic rings. The minimum atomic E-state index is -1.03. The Labute approximate surface area is 188 Å². The first-order valence-electron chi connectivity index (χ1n) is 11.3. The van der Waals surface area contributed by atoms with E-state index in [9.17, 15) is 19.8 Å². The molecule has 8 nitrogen and oxygen atoms in total. The number of aryl methyl sites for hydroxylation is 1. The lowest BCUT2D eigenvalue weighted by Gasteiger charge is -2.33. The molecule has 2 fully saturated rings. The van der Waals surface area contributed by atoms with Crippen molar-refractivity contribution in [2.75, 3.05) is 31.6 Å². The summed E-state index contributed by atoms with van der Waals surface area (Å²) in [6.07, 6.45) is 6.05. The summed E-state index contributed by atoms with van der Waals surface area (Å²) in [6.45, 7) is 3.23. The van der Waals surface area contributed by atoms with Crippen molar-refractivity contribution in [1.29, 1.82) is 0 Å². The van der Waals surface area contributed by atoms with Gasteiger partial charge in [0.15, 0.2) is 0 Å². The minimum absolute atomic E-state index is 0.0339.